The number of hydrogen-bond donors (Lipinski definition) is 1. The van der Waals surface area contributed by atoms with Crippen LogP contribution in [0.25, 0.3) is 11.7 Å². The number of anilines is 1. The molecule has 3 aromatic rings. The van der Waals surface area contributed by atoms with Crippen LogP contribution >= 0.6 is 0 Å². The molecule has 0 aliphatic heterocycles. The molecule has 0 saturated carbocycles. The van der Waals surface area contributed by atoms with Crippen molar-refractivity contribution in [3.63, 3.8) is 0 Å². The van der Waals surface area contributed by atoms with E-state index < -0.39 is 0 Å². The molecular weight excluding hydrogens is 294 g/mol. The zero-order chi connectivity index (χ0) is 16.2. The van der Waals surface area contributed by atoms with Crippen molar-refractivity contribution in [1.29, 1.82) is 0 Å². The number of nitrogens with zero attached hydrogens (tertiary/aromatic N) is 4. The van der Waals surface area contributed by atoms with E-state index in [0.29, 0.717) is 24.1 Å². The van der Waals surface area contributed by atoms with Crippen LogP contribution in [0.2, 0.25) is 0 Å². The largest absolute Gasteiger partial charge is 0.459 e. The molecule has 0 fully saturated rings. The Kier molecular flexibility index (Phi) is 4.38. The molecule has 0 bridgehead atoms. The molecule has 7 nitrogen and oxygen atoms in total. The second-order valence-corrected chi connectivity index (χ2v) is 5.34. The van der Waals surface area contributed by atoms with Crippen molar-refractivity contribution in [3.05, 3.63) is 47.8 Å². The van der Waals surface area contributed by atoms with E-state index in [4.69, 9.17) is 8.83 Å². The maximum atomic E-state index is 5.68. The molecule has 0 atom stereocenters. The third kappa shape index (κ3) is 3.57. The number of rotatable bonds is 6. The Morgan fingerprint density at radius 3 is 2.65 bits per heavy atom. The highest BCUT2D eigenvalue weighted by atomic mass is 16.4. The first-order valence-corrected chi connectivity index (χ1v) is 7.33. The minimum Gasteiger partial charge on any atom is -0.459 e. The molecule has 0 aliphatic carbocycles. The minimum absolute atomic E-state index is 0.512. The molecule has 120 valence electrons. The van der Waals surface area contributed by atoms with Crippen molar-refractivity contribution in [2.24, 2.45) is 0 Å². The van der Waals surface area contributed by atoms with Gasteiger partial charge in [-0.25, -0.2) is 15.0 Å². The summed E-state index contributed by atoms with van der Waals surface area (Å²) in [6.45, 7) is 3.31. The fourth-order valence-electron chi connectivity index (χ4n) is 2.27. The van der Waals surface area contributed by atoms with Crippen LogP contribution in [-0.2, 0) is 13.1 Å². The number of furan rings is 1. The Hall–Kier alpha value is -2.67. The fourth-order valence-corrected chi connectivity index (χ4v) is 2.27. The van der Waals surface area contributed by atoms with E-state index in [-0.39, 0.29) is 0 Å². The molecule has 23 heavy (non-hydrogen) atoms. The number of nitrogens with one attached hydrogen (secondary N) is 1. The normalized spacial score (nSPS) is 11.1. The van der Waals surface area contributed by atoms with Crippen LogP contribution in [0, 0.1) is 6.92 Å². The molecule has 0 radical (unpaired) electrons. The van der Waals surface area contributed by atoms with E-state index in [0.717, 1.165) is 23.6 Å². The van der Waals surface area contributed by atoms with Gasteiger partial charge in [0.2, 0.25) is 5.95 Å². The maximum absolute atomic E-state index is 5.68. The molecule has 3 heterocycles. The topological polar surface area (TPSA) is 80.2 Å². The first kappa shape index (κ1) is 15.2. The molecular formula is C16H19N5O2. The number of aryl methyl sites for hydroxylation is 1. The molecule has 0 aromatic carbocycles. The second-order valence-electron chi connectivity index (χ2n) is 5.34. The zero-order valence-electron chi connectivity index (χ0n) is 13.4. The van der Waals surface area contributed by atoms with Gasteiger partial charge >= 0.3 is 0 Å². The van der Waals surface area contributed by atoms with E-state index in [1.807, 2.05) is 38.5 Å². The van der Waals surface area contributed by atoms with E-state index >= 15 is 0 Å². The molecule has 1 N–H and O–H groups in total. The molecule has 0 amide bonds. The minimum atomic E-state index is 0.512. The van der Waals surface area contributed by atoms with Crippen LogP contribution in [0.3, 0.4) is 0 Å². The summed E-state index contributed by atoms with van der Waals surface area (Å²) < 4.78 is 11.0. The molecule has 0 spiro atoms. The Bertz CT molecular complexity index is 749. The van der Waals surface area contributed by atoms with Crippen LogP contribution in [-0.4, -0.2) is 33.9 Å². The first-order valence-electron chi connectivity index (χ1n) is 7.33. The smallest absolute Gasteiger partial charge is 0.263 e. The number of aromatic nitrogens is 3. The van der Waals surface area contributed by atoms with Gasteiger partial charge in [-0.2, -0.15) is 0 Å². The van der Waals surface area contributed by atoms with Gasteiger partial charge in [0, 0.05) is 38.1 Å². The average molecular weight is 313 g/mol. The van der Waals surface area contributed by atoms with Crippen molar-refractivity contribution in [3.8, 4) is 11.7 Å². The Morgan fingerprint density at radius 2 is 2.00 bits per heavy atom. The summed E-state index contributed by atoms with van der Waals surface area (Å²) in [6.07, 6.45) is 5.24. The van der Waals surface area contributed by atoms with Crippen LogP contribution in [0.1, 0.15) is 17.0 Å². The molecule has 3 rings (SSSR count). The van der Waals surface area contributed by atoms with Crippen LogP contribution < -0.4 is 5.32 Å². The van der Waals surface area contributed by atoms with E-state index in [1.165, 1.54) is 0 Å². The van der Waals surface area contributed by atoms with Crippen LogP contribution in [0.15, 0.2) is 39.6 Å². The van der Waals surface area contributed by atoms with Gasteiger partial charge < -0.3 is 14.2 Å². The van der Waals surface area contributed by atoms with Gasteiger partial charge in [0.15, 0.2) is 5.76 Å². The lowest BCUT2D eigenvalue weighted by Crippen LogP contribution is -2.18. The van der Waals surface area contributed by atoms with Crippen molar-refractivity contribution in [2.75, 3.05) is 19.4 Å². The summed E-state index contributed by atoms with van der Waals surface area (Å²) in [5.74, 6) is 2.56. The summed E-state index contributed by atoms with van der Waals surface area (Å²) >= 11 is 0. The van der Waals surface area contributed by atoms with Gasteiger partial charge in [-0.15, -0.1) is 0 Å². The lowest BCUT2D eigenvalue weighted by Gasteiger charge is -2.15. The summed E-state index contributed by atoms with van der Waals surface area (Å²) in [5, 5.41) is 2.90. The van der Waals surface area contributed by atoms with Crippen molar-refractivity contribution in [1.82, 2.24) is 19.9 Å². The highest BCUT2D eigenvalue weighted by Gasteiger charge is 2.15. The average Bonchev–Trinajstić information content (AvgIpc) is 3.18. The molecule has 0 aliphatic rings. The van der Waals surface area contributed by atoms with E-state index in [1.54, 1.807) is 13.3 Å². The third-order valence-electron chi connectivity index (χ3n) is 3.43. The van der Waals surface area contributed by atoms with E-state index in [9.17, 15) is 0 Å². The molecule has 0 saturated heterocycles. The third-order valence-corrected chi connectivity index (χ3v) is 3.43. The zero-order valence-corrected chi connectivity index (χ0v) is 13.4. The van der Waals surface area contributed by atoms with Crippen molar-refractivity contribution < 1.29 is 8.83 Å². The molecule has 0 unspecified atom stereocenters. The van der Waals surface area contributed by atoms with Gasteiger partial charge in [-0.1, -0.05) is 0 Å². The van der Waals surface area contributed by atoms with Gasteiger partial charge in [-0.3, -0.25) is 4.90 Å². The highest BCUT2D eigenvalue weighted by Crippen LogP contribution is 2.22. The predicted molar refractivity (Wildman–Crippen MR) is 85.7 cm³/mol. The Labute approximate surface area is 134 Å². The first-order chi connectivity index (χ1) is 11.2. The summed E-state index contributed by atoms with van der Waals surface area (Å²) in [6, 6.07) is 3.65. The number of hydrogen-bond acceptors (Lipinski definition) is 7. The SMILES string of the molecule is CNc1ncc(CN(C)Cc2nc(-c3ccco3)oc2C)cn1. The highest BCUT2D eigenvalue weighted by molar-refractivity contribution is 5.44. The standard InChI is InChI=1S/C16H19N5O2/c1-11-13(20-15(23-11)14-5-4-6-22-14)10-21(3)9-12-7-18-16(17-2)19-8-12/h4-8H,9-10H2,1-3H3,(H,17,18,19). The van der Waals surface area contributed by atoms with Crippen LogP contribution in [0.5, 0.6) is 0 Å². The van der Waals surface area contributed by atoms with Gasteiger partial charge in [0.05, 0.1) is 12.0 Å². The van der Waals surface area contributed by atoms with Crippen molar-refractivity contribution >= 4 is 5.95 Å². The Morgan fingerprint density at radius 1 is 1.22 bits per heavy atom. The van der Waals surface area contributed by atoms with Crippen LogP contribution in [0.4, 0.5) is 5.95 Å². The van der Waals surface area contributed by atoms with Gasteiger partial charge in [0.1, 0.15) is 5.76 Å². The van der Waals surface area contributed by atoms with E-state index in [2.05, 4.69) is 25.2 Å². The maximum Gasteiger partial charge on any atom is 0.263 e. The summed E-state index contributed by atoms with van der Waals surface area (Å²) in [4.78, 5) is 15.1. The summed E-state index contributed by atoms with van der Waals surface area (Å²) in [5.41, 5.74) is 1.94. The van der Waals surface area contributed by atoms with Gasteiger partial charge in [-0.05, 0) is 26.1 Å². The lowest BCUT2D eigenvalue weighted by atomic mass is 10.3. The fraction of sp³-hybridized carbons (Fsp3) is 0.312. The van der Waals surface area contributed by atoms with Crippen molar-refractivity contribution in [2.45, 2.75) is 20.0 Å². The Balaban J connectivity index is 1.66. The predicted octanol–water partition coefficient (Wildman–Crippen LogP) is 2.71. The second kappa shape index (κ2) is 6.62. The monoisotopic (exact) mass is 313 g/mol. The number of oxazole rings is 1. The summed E-state index contributed by atoms with van der Waals surface area (Å²) in [7, 11) is 3.82. The molecule has 7 heteroatoms. The lowest BCUT2D eigenvalue weighted by molar-refractivity contribution is 0.312. The van der Waals surface area contributed by atoms with Gasteiger partial charge in [0.25, 0.3) is 5.89 Å². The quantitative estimate of drug-likeness (QED) is 0.749. The molecule has 3 aromatic heterocycles.